The zero-order chi connectivity index (χ0) is 17.2. The monoisotopic (exact) mass is 466 g/mol. The van der Waals surface area contributed by atoms with Crippen LogP contribution < -0.4 is 5.32 Å². The van der Waals surface area contributed by atoms with Crippen LogP contribution in [0.1, 0.15) is 25.1 Å². The minimum absolute atomic E-state index is 0. The predicted octanol–water partition coefficient (Wildman–Crippen LogP) is 1.27. The van der Waals surface area contributed by atoms with Crippen LogP contribution in [0.5, 0.6) is 0 Å². The van der Waals surface area contributed by atoms with Crippen LogP contribution in [0.15, 0.2) is 11.3 Å². The highest BCUT2D eigenvalue weighted by Gasteiger charge is 2.13. The zero-order valence-corrected chi connectivity index (χ0v) is 17.8. The van der Waals surface area contributed by atoms with Gasteiger partial charge in [-0.05, 0) is 25.2 Å². The molecular weight excluding hydrogens is 435 g/mol. The smallest absolute Gasteiger partial charge is 0.193 e. The summed E-state index contributed by atoms with van der Waals surface area (Å²) in [7, 11) is 5.67. The summed E-state index contributed by atoms with van der Waals surface area (Å²) >= 11 is 0. The molecule has 1 fully saturated rings. The van der Waals surface area contributed by atoms with Gasteiger partial charge in [-0.25, -0.2) is 4.98 Å². The summed E-state index contributed by atoms with van der Waals surface area (Å²) in [5.74, 6) is 2.42. The second-order valence-electron chi connectivity index (χ2n) is 6.11. The van der Waals surface area contributed by atoms with E-state index >= 15 is 0 Å². The lowest BCUT2D eigenvalue weighted by Gasteiger charge is -2.22. The highest BCUT2D eigenvalue weighted by molar-refractivity contribution is 14.0. The van der Waals surface area contributed by atoms with Crippen molar-refractivity contribution in [2.75, 3.05) is 47.1 Å². The Morgan fingerprint density at radius 1 is 1.48 bits per heavy atom. The quantitative estimate of drug-likeness (QED) is 0.269. The first-order valence-electron chi connectivity index (χ1n) is 8.61. The molecule has 25 heavy (non-hydrogen) atoms. The molecule has 0 bridgehead atoms. The topological polar surface area (TPSA) is 76.8 Å². The summed E-state index contributed by atoms with van der Waals surface area (Å²) in [5.41, 5.74) is 0. The fourth-order valence-electron chi connectivity index (χ4n) is 2.67. The van der Waals surface area contributed by atoms with Gasteiger partial charge >= 0.3 is 0 Å². The number of halogens is 1. The van der Waals surface area contributed by atoms with E-state index in [9.17, 15) is 0 Å². The molecule has 2 rings (SSSR count). The van der Waals surface area contributed by atoms with Crippen molar-refractivity contribution in [1.82, 2.24) is 25.0 Å². The van der Waals surface area contributed by atoms with Gasteiger partial charge in [-0.3, -0.25) is 9.67 Å². The fraction of sp³-hybridized carbons (Fsp3) is 0.812. The Balaban J connectivity index is 0.00000312. The number of hydrogen-bond donors (Lipinski definition) is 1. The summed E-state index contributed by atoms with van der Waals surface area (Å²) in [6.45, 7) is 4.88. The lowest BCUT2D eigenvalue weighted by Crippen LogP contribution is -2.39. The summed E-state index contributed by atoms with van der Waals surface area (Å²) in [5, 5.41) is 7.44. The average Bonchev–Trinajstić information content (AvgIpc) is 3.00. The van der Waals surface area contributed by atoms with Crippen molar-refractivity contribution < 1.29 is 9.47 Å². The fourth-order valence-corrected chi connectivity index (χ4v) is 2.67. The number of aliphatic imine (C=N–C) groups is 1. The van der Waals surface area contributed by atoms with Gasteiger partial charge in [0.2, 0.25) is 0 Å². The van der Waals surface area contributed by atoms with Gasteiger partial charge in [-0.15, -0.1) is 24.0 Å². The second-order valence-corrected chi connectivity index (χ2v) is 6.11. The molecular formula is C16H31IN6O2. The van der Waals surface area contributed by atoms with Gasteiger partial charge in [0.25, 0.3) is 0 Å². The molecule has 0 aromatic carbocycles. The summed E-state index contributed by atoms with van der Waals surface area (Å²) in [6.07, 6.45) is 4.77. The predicted molar refractivity (Wildman–Crippen MR) is 108 cm³/mol. The Hall–Kier alpha value is -0.940. The molecule has 2 heterocycles. The minimum Gasteiger partial charge on any atom is -0.381 e. The second kappa shape index (κ2) is 12.4. The Bertz CT molecular complexity index is 505. The zero-order valence-electron chi connectivity index (χ0n) is 15.5. The van der Waals surface area contributed by atoms with Crippen LogP contribution in [0.4, 0.5) is 0 Å². The molecule has 0 atom stereocenters. The molecule has 0 radical (unpaired) electrons. The molecule has 144 valence electrons. The molecule has 0 saturated carbocycles. The maximum absolute atomic E-state index is 5.78. The van der Waals surface area contributed by atoms with Crippen LogP contribution in [0.3, 0.4) is 0 Å². The van der Waals surface area contributed by atoms with Gasteiger partial charge in [0.05, 0.1) is 6.54 Å². The number of aryl methyl sites for hydroxylation is 1. The maximum atomic E-state index is 5.78. The number of aromatic nitrogens is 3. The van der Waals surface area contributed by atoms with Gasteiger partial charge in [0.15, 0.2) is 5.96 Å². The molecule has 1 aliphatic rings. The first-order chi connectivity index (χ1) is 11.7. The van der Waals surface area contributed by atoms with Crippen molar-refractivity contribution in [2.24, 2.45) is 18.0 Å². The molecule has 0 spiro atoms. The average molecular weight is 466 g/mol. The molecule has 1 N–H and O–H groups in total. The Morgan fingerprint density at radius 2 is 2.24 bits per heavy atom. The molecule has 1 aliphatic heterocycles. The maximum Gasteiger partial charge on any atom is 0.193 e. The summed E-state index contributed by atoms with van der Waals surface area (Å²) in [6, 6.07) is 0. The summed E-state index contributed by atoms with van der Waals surface area (Å²) < 4.78 is 12.9. The third-order valence-corrected chi connectivity index (χ3v) is 4.20. The number of rotatable bonds is 8. The normalized spacial score (nSPS) is 15.7. The van der Waals surface area contributed by atoms with E-state index in [0.29, 0.717) is 12.5 Å². The van der Waals surface area contributed by atoms with E-state index in [4.69, 9.17) is 9.47 Å². The third-order valence-electron chi connectivity index (χ3n) is 4.20. The van der Waals surface area contributed by atoms with Crippen molar-refractivity contribution in [3.63, 3.8) is 0 Å². The van der Waals surface area contributed by atoms with Crippen molar-refractivity contribution in [1.29, 1.82) is 0 Å². The highest BCUT2D eigenvalue weighted by Crippen LogP contribution is 2.14. The van der Waals surface area contributed by atoms with Crippen LogP contribution in [0.25, 0.3) is 0 Å². The number of nitrogens with zero attached hydrogens (tertiary/aromatic N) is 5. The third kappa shape index (κ3) is 7.87. The lowest BCUT2D eigenvalue weighted by atomic mass is 10.0. The molecule has 0 unspecified atom stereocenters. The minimum atomic E-state index is 0. The van der Waals surface area contributed by atoms with Gasteiger partial charge in [-0.2, -0.15) is 5.10 Å². The molecule has 9 heteroatoms. The standard InChI is InChI=1S/C16H30N6O2.HI/c1-17-16(21(2)11-15-19-13-20-22(15)3)18-7-4-8-24-12-14-5-9-23-10-6-14;/h13-14H,4-12H2,1-3H3,(H,17,18);1H. The van der Waals surface area contributed by atoms with Crippen molar-refractivity contribution in [2.45, 2.75) is 25.8 Å². The first-order valence-corrected chi connectivity index (χ1v) is 8.61. The largest absolute Gasteiger partial charge is 0.381 e. The molecule has 8 nitrogen and oxygen atoms in total. The first kappa shape index (κ1) is 22.1. The van der Waals surface area contributed by atoms with Gasteiger partial charge in [-0.1, -0.05) is 0 Å². The number of guanidine groups is 1. The SMILES string of the molecule is CN=C(NCCCOCC1CCOCC1)N(C)Cc1ncnn1C.I. The molecule has 1 aromatic heterocycles. The lowest BCUT2D eigenvalue weighted by molar-refractivity contribution is 0.0203. The van der Waals surface area contributed by atoms with Crippen LogP contribution in [0.2, 0.25) is 0 Å². The Kier molecular flexibility index (Phi) is 11.0. The van der Waals surface area contributed by atoms with E-state index in [1.165, 1.54) is 0 Å². The number of hydrogen-bond acceptors (Lipinski definition) is 5. The van der Waals surface area contributed by atoms with E-state index in [1.54, 1.807) is 18.1 Å². The molecule has 1 saturated heterocycles. The van der Waals surface area contributed by atoms with E-state index in [-0.39, 0.29) is 24.0 Å². The van der Waals surface area contributed by atoms with Crippen LogP contribution in [-0.4, -0.2) is 72.7 Å². The molecule has 0 aliphatic carbocycles. The van der Waals surface area contributed by atoms with Gasteiger partial charge in [0, 0.05) is 54.1 Å². The Morgan fingerprint density at radius 3 is 2.88 bits per heavy atom. The molecule has 0 amide bonds. The van der Waals surface area contributed by atoms with E-state index in [1.807, 2.05) is 19.0 Å². The Labute approximate surface area is 167 Å². The van der Waals surface area contributed by atoms with Crippen LogP contribution >= 0.6 is 24.0 Å². The van der Waals surface area contributed by atoms with Gasteiger partial charge < -0.3 is 19.7 Å². The van der Waals surface area contributed by atoms with Crippen LogP contribution in [0, 0.1) is 5.92 Å². The van der Waals surface area contributed by atoms with Crippen molar-refractivity contribution in [3.8, 4) is 0 Å². The molecule has 1 aromatic rings. The van der Waals surface area contributed by atoms with Crippen molar-refractivity contribution >= 4 is 29.9 Å². The number of ether oxygens (including phenoxy) is 2. The van der Waals surface area contributed by atoms with Gasteiger partial charge in [0.1, 0.15) is 12.2 Å². The van der Waals surface area contributed by atoms with Crippen molar-refractivity contribution in [3.05, 3.63) is 12.2 Å². The van der Waals surface area contributed by atoms with Crippen LogP contribution in [-0.2, 0) is 23.1 Å². The van der Waals surface area contributed by atoms with E-state index < -0.39 is 0 Å². The van der Waals surface area contributed by atoms with E-state index in [2.05, 4.69) is 20.4 Å². The number of nitrogens with one attached hydrogen (secondary N) is 1. The highest BCUT2D eigenvalue weighted by atomic mass is 127. The van der Waals surface area contributed by atoms with E-state index in [0.717, 1.165) is 64.0 Å². The summed E-state index contributed by atoms with van der Waals surface area (Å²) in [4.78, 5) is 10.6.